The van der Waals surface area contributed by atoms with E-state index in [2.05, 4.69) is 0 Å². The lowest BCUT2D eigenvalue weighted by molar-refractivity contribution is -0.115. The van der Waals surface area contributed by atoms with Crippen molar-refractivity contribution in [3.63, 3.8) is 0 Å². The summed E-state index contributed by atoms with van der Waals surface area (Å²) in [5.41, 5.74) is 2.83. The number of hydrogen-bond donors (Lipinski definition) is 0. The number of thioether (sulfide) groups is 1. The second-order valence-corrected chi connectivity index (χ2v) is 8.19. The van der Waals surface area contributed by atoms with Gasteiger partial charge in [0.25, 0.3) is 0 Å². The number of carbonyl (C=O) groups excluding carboxylic acids is 1. The predicted molar refractivity (Wildman–Crippen MR) is 109 cm³/mol. The molecule has 0 N–H and O–H groups in total. The maximum atomic E-state index is 12.6. The van der Waals surface area contributed by atoms with Gasteiger partial charge in [-0.3, -0.25) is 9.69 Å². The van der Waals surface area contributed by atoms with Gasteiger partial charge in [0.1, 0.15) is 11.1 Å². The minimum absolute atomic E-state index is 0.0586. The Balaban J connectivity index is 1.45. The third-order valence-electron chi connectivity index (χ3n) is 4.63. The van der Waals surface area contributed by atoms with Gasteiger partial charge in [0.05, 0.1) is 18.6 Å². The highest BCUT2D eigenvalue weighted by Gasteiger charge is 2.36. The Hall–Kier alpha value is -2.71. The molecule has 3 aromatic rings. The highest BCUT2D eigenvalue weighted by atomic mass is 32.2. The van der Waals surface area contributed by atoms with Gasteiger partial charge < -0.3 is 14.2 Å². The number of benzene rings is 2. The first kappa shape index (κ1) is 17.4. The Labute approximate surface area is 170 Å². The van der Waals surface area contributed by atoms with Crippen LogP contribution in [-0.4, -0.2) is 30.5 Å². The number of ether oxygens (including phenoxy) is 3. The number of aromatic nitrogens is 1. The van der Waals surface area contributed by atoms with Crippen molar-refractivity contribution in [3.8, 4) is 28.5 Å². The number of nitrogens with zero attached hydrogens (tertiary/aromatic N) is 2. The average Bonchev–Trinajstić information content (AvgIpc) is 3.46. The Kier molecular flexibility index (Phi) is 4.37. The molecule has 1 fully saturated rings. The first-order valence-corrected chi connectivity index (χ1v) is 10.6. The van der Waals surface area contributed by atoms with E-state index < -0.39 is 0 Å². The number of anilines is 1. The second-order valence-electron chi connectivity index (χ2n) is 6.28. The Morgan fingerprint density at radius 2 is 1.96 bits per heavy atom. The molecule has 28 heavy (non-hydrogen) atoms. The minimum Gasteiger partial charge on any atom is -0.497 e. The molecule has 0 spiro atoms. The van der Waals surface area contributed by atoms with Crippen LogP contribution in [0.3, 0.4) is 0 Å². The van der Waals surface area contributed by atoms with E-state index in [-0.39, 0.29) is 18.1 Å². The first-order valence-electron chi connectivity index (χ1n) is 8.66. The minimum atomic E-state index is -0.128. The molecule has 1 saturated heterocycles. The number of rotatable bonds is 4. The van der Waals surface area contributed by atoms with Crippen molar-refractivity contribution in [2.75, 3.05) is 24.6 Å². The number of thiazole rings is 1. The van der Waals surface area contributed by atoms with E-state index in [0.717, 1.165) is 34.1 Å². The van der Waals surface area contributed by atoms with Crippen molar-refractivity contribution in [1.29, 1.82) is 0 Å². The maximum absolute atomic E-state index is 12.6. The van der Waals surface area contributed by atoms with E-state index in [4.69, 9.17) is 19.2 Å². The van der Waals surface area contributed by atoms with Crippen molar-refractivity contribution < 1.29 is 19.0 Å². The fourth-order valence-electron chi connectivity index (χ4n) is 3.21. The van der Waals surface area contributed by atoms with Gasteiger partial charge in [0.15, 0.2) is 16.6 Å². The quantitative estimate of drug-likeness (QED) is 0.636. The van der Waals surface area contributed by atoms with Crippen LogP contribution in [0.2, 0.25) is 0 Å². The predicted octanol–water partition coefficient (Wildman–Crippen LogP) is 4.33. The van der Waals surface area contributed by atoms with Crippen LogP contribution >= 0.6 is 23.1 Å². The van der Waals surface area contributed by atoms with E-state index >= 15 is 0 Å². The van der Waals surface area contributed by atoms with E-state index in [1.807, 2.05) is 47.8 Å². The largest absolute Gasteiger partial charge is 0.497 e. The van der Waals surface area contributed by atoms with Crippen LogP contribution in [0, 0.1) is 0 Å². The standard InChI is InChI=1S/C20H16N2O4S2/c1-24-14-5-2-12(3-6-14)15-9-28-20(21-15)22-18(23)10-27-19(22)13-4-7-16-17(8-13)26-11-25-16/h2-9,19H,10-11H2,1H3/t19-/m0/s1. The van der Waals surface area contributed by atoms with Gasteiger partial charge in [-0.05, 0) is 42.0 Å². The molecular formula is C20H16N2O4S2. The summed E-state index contributed by atoms with van der Waals surface area (Å²) in [6, 6.07) is 13.6. The summed E-state index contributed by atoms with van der Waals surface area (Å²) in [7, 11) is 1.64. The summed E-state index contributed by atoms with van der Waals surface area (Å²) in [6.07, 6.45) is 0. The Morgan fingerprint density at radius 1 is 1.14 bits per heavy atom. The monoisotopic (exact) mass is 412 g/mol. The normalized spacial score (nSPS) is 18.0. The molecule has 1 amide bonds. The third kappa shape index (κ3) is 2.98. The molecule has 1 aromatic heterocycles. The zero-order valence-corrected chi connectivity index (χ0v) is 16.6. The van der Waals surface area contributed by atoms with E-state index in [1.54, 1.807) is 23.8 Å². The molecular weight excluding hydrogens is 396 g/mol. The average molecular weight is 412 g/mol. The molecule has 3 heterocycles. The van der Waals surface area contributed by atoms with Crippen molar-refractivity contribution >= 4 is 34.1 Å². The molecule has 0 unspecified atom stereocenters. The van der Waals surface area contributed by atoms with Crippen molar-refractivity contribution in [1.82, 2.24) is 4.98 Å². The van der Waals surface area contributed by atoms with Crippen LogP contribution in [0.25, 0.3) is 11.3 Å². The van der Waals surface area contributed by atoms with Gasteiger partial charge >= 0.3 is 0 Å². The molecule has 0 bridgehead atoms. The molecule has 2 aromatic carbocycles. The summed E-state index contributed by atoms with van der Waals surface area (Å²) < 4.78 is 16.1. The Bertz CT molecular complexity index is 1030. The molecule has 2 aliphatic rings. The molecule has 0 aliphatic carbocycles. The molecule has 0 radical (unpaired) electrons. The zero-order valence-electron chi connectivity index (χ0n) is 15.0. The number of hydrogen-bond acceptors (Lipinski definition) is 7. The van der Waals surface area contributed by atoms with Gasteiger partial charge in [-0.1, -0.05) is 6.07 Å². The maximum Gasteiger partial charge on any atom is 0.240 e. The third-order valence-corrected chi connectivity index (χ3v) is 6.69. The number of amides is 1. The summed E-state index contributed by atoms with van der Waals surface area (Å²) in [4.78, 5) is 19.1. The second kappa shape index (κ2) is 7.03. The Morgan fingerprint density at radius 3 is 2.79 bits per heavy atom. The summed E-state index contributed by atoms with van der Waals surface area (Å²) in [5, 5.41) is 2.55. The molecule has 6 nitrogen and oxygen atoms in total. The SMILES string of the molecule is COc1ccc(-c2csc(N3C(=O)CS[C@H]3c3ccc4c(c3)OCO4)n2)cc1. The fourth-order valence-corrected chi connectivity index (χ4v) is 5.30. The number of fused-ring (bicyclic) bond motifs is 1. The summed E-state index contributed by atoms with van der Waals surface area (Å²) >= 11 is 3.06. The van der Waals surface area contributed by atoms with Crippen LogP contribution in [-0.2, 0) is 4.79 Å². The zero-order chi connectivity index (χ0) is 19.1. The molecule has 142 valence electrons. The van der Waals surface area contributed by atoms with Crippen LogP contribution in [0.15, 0.2) is 47.8 Å². The van der Waals surface area contributed by atoms with Crippen molar-refractivity contribution in [2.24, 2.45) is 0 Å². The molecule has 1 atom stereocenters. The lowest BCUT2D eigenvalue weighted by atomic mass is 10.2. The van der Waals surface area contributed by atoms with Crippen LogP contribution < -0.4 is 19.1 Å². The van der Waals surface area contributed by atoms with E-state index in [0.29, 0.717) is 10.9 Å². The number of methoxy groups -OCH3 is 1. The van der Waals surface area contributed by atoms with E-state index in [1.165, 1.54) is 11.3 Å². The molecule has 2 aliphatic heterocycles. The smallest absolute Gasteiger partial charge is 0.240 e. The lowest BCUT2D eigenvalue weighted by Crippen LogP contribution is -2.27. The molecule has 0 saturated carbocycles. The topological polar surface area (TPSA) is 60.9 Å². The number of carbonyl (C=O) groups is 1. The van der Waals surface area contributed by atoms with Crippen LogP contribution in [0.1, 0.15) is 10.9 Å². The van der Waals surface area contributed by atoms with Crippen molar-refractivity contribution in [2.45, 2.75) is 5.37 Å². The molecule has 8 heteroatoms. The highest BCUT2D eigenvalue weighted by Crippen LogP contribution is 2.45. The summed E-state index contributed by atoms with van der Waals surface area (Å²) in [6.45, 7) is 0.233. The fraction of sp³-hybridized carbons (Fsp3) is 0.200. The molecule has 5 rings (SSSR count). The highest BCUT2D eigenvalue weighted by molar-refractivity contribution is 8.00. The van der Waals surface area contributed by atoms with Gasteiger partial charge in [-0.15, -0.1) is 23.1 Å². The van der Waals surface area contributed by atoms with Gasteiger partial charge in [-0.25, -0.2) is 4.98 Å². The van der Waals surface area contributed by atoms with Crippen LogP contribution in [0.5, 0.6) is 17.2 Å². The van der Waals surface area contributed by atoms with Gasteiger partial charge in [-0.2, -0.15) is 0 Å². The summed E-state index contributed by atoms with van der Waals surface area (Å²) in [5.74, 6) is 2.74. The van der Waals surface area contributed by atoms with Gasteiger partial charge in [0, 0.05) is 10.9 Å². The first-order chi connectivity index (χ1) is 13.7. The van der Waals surface area contributed by atoms with E-state index in [9.17, 15) is 4.79 Å². The van der Waals surface area contributed by atoms with Crippen molar-refractivity contribution in [3.05, 3.63) is 53.4 Å². The van der Waals surface area contributed by atoms with Gasteiger partial charge in [0.2, 0.25) is 12.7 Å². The van der Waals surface area contributed by atoms with Crippen LogP contribution in [0.4, 0.5) is 5.13 Å². The lowest BCUT2D eigenvalue weighted by Gasteiger charge is -2.21.